The lowest BCUT2D eigenvalue weighted by molar-refractivity contribution is 0.0941. The van der Waals surface area contributed by atoms with Gasteiger partial charge in [0, 0.05) is 7.05 Å². The predicted octanol–water partition coefficient (Wildman–Crippen LogP) is 2.78. The fourth-order valence-corrected chi connectivity index (χ4v) is 2.32. The van der Waals surface area contributed by atoms with E-state index in [0.29, 0.717) is 5.82 Å². The molecule has 112 valence electrons. The average Bonchev–Trinajstić information content (AvgIpc) is 2.82. The third kappa shape index (κ3) is 2.43. The van der Waals surface area contributed by atoms with E-state index in [-0.39, 0.29) is 6.54 Å². The van der Waals surface area contributed by atoms with Gasteiger partial charge in [0.15, 0.2) is 0 Å². The number of halogens is 2. The highest BCUT2D eigenvalue weighted by atomic mass is 19.1. The lowest BCUT2D eigenvalue weighted by Gasteiger charge is -2.07. The summed E-state index contributed by atoms with van der Waals surface area (Å²) < 4.78 is 28.9. The molecule has 0 saturated heterocycles. The van der Waals surface area contributed by atoms with Crippen LogP contribution in [0.15, 0.2) is 42.5 Å². The molecule has 4 nitrogen and oxygen atoms in total. The first-order chi connectivity index (χ1) is 10.6. The molecular weight excluding hydrogens is 288 g/mol. The maximum Gasteiger partial charge on any atom is 0.257 e. The van der Waals surface area contributed by atoms with Crippen LogP contribution in [0.1, 0.15) is 16.2 Å². The van der Waals surface area contributed by atoms with Crippen molar-refractivity contribution in [3.05, 3.63) is 65.5 Å². The second-order valence-corrected chi connectivity index (χ2v) is 4.86. The summed E-state index contributed by atoms with van der Waals surface area (Å²) in [6.45, 7) is 0.0811. The summed E-state index contributed by atoms with van der Waals surface area (Å²) in [5.41, 5.74) is 1.14. The molecule has 0 saturated carbocycles. The smallest absolute Gasteiger partial charge is 0.257 e. The third-order valence-corrected chi connectivity index (χ3v) is 3.48. The van der Waals surface area contributed by atoms with Gasteiger partial charge in [-0.05, 0) is 24.3 Å². The Morgan fingerprint density at radius 2 is 1.82 bits per heavy atom. The molecule has 1 aromatic heterocycles. The van der Waals surface area contributed by atoms with Gasteiger partial charge in [-0.2, -0.15) is 0 Å². The van der Waals surface area contributed by atoms with E-state index in [1.54, 1.807) is 0 Å². The highest BCUT2D eigenvalue weighted by molar-refractivity contribution is 5.94. The molecule has 6 heteroatoms. The van der Waals surface area contributed by atoms with Gasteiger partial charge in [-0.25, -0.2) is 13.8 Å². The summed E-state index contributed by atoms with van der Waals surface area (Å²) >= 11 is 0. The van der Waals surface area contributed by atoms with Crippen molar-refractivity contribution in [2.75, 3.05) is 0 Å². The first kappa shape index (κ1) is 14.2. The van der Waals surface area contributed by atoms with E-state index in [1.807, 2.05) is 35.9 Å². The second kappa shape index (κ2) is 5.55. The number of rotatable bonds is 3. The maximum absolute atomic E-state index is 13.6. The van der Waals surface area contributed by atoms with Gasteiger partial charge in [-0.3, -0.25) is 4.79 Å². The Morgan fingerprint density at radius 1 is 1.14 bits per heavy atom. The number of carbonyl (C=O) groups excluding carboxylic acids is 1. The van der Waals surface area contributed by atoms with Crippen molar-refractivity contribution in [1.82, 2.24) is 14.9 Å². The summed E-state index contributed by atoms with van der Waals surface area (Å²) in [5.74, 6) is -1.97. The molecule has 0 bridgehead atoms. The Labute approximate surface area is 125 Å². The lowest BCUT2D eigenvalue weighted by Crippen LogP contribution is -2.26. The Bertz CT molecular complexity index is 837. The summed E-state index contributed by atoms with van der Waals surface area (Å²) in [7, 11) is 1.82. The van der Waals surface area contributed by atoms with Crippen LogP contribution in [0.4, 0.5) is 8.78 Å². The normalized spacial score (nSPS) is 10.9. The second-order valence-electron chi connectivity index (χ2n) is 4.86. The molecule has 1 N–H and O–H groups in total. The Kier molecular flexibility index (Phi) is 3.58. The summed E-state index contributed by atoms with van der Waals surface area (Å²) in [6, 6.07) is 10.8. The lowest BCUT2D eigenvalue weighted by atomic mass is 10.2. The van der Waals surface area contributed by atoms with E-state index < -0.39 is 23.1 Å². The molecule has 22 heavy (non-hydrogen) atoms. The fourth-order valence-electron chi connectivity index (χ4n) is 2.32. The van der Waals surface area contributed by atoms with Gasteiger partial charge in [0.2, 0.25) is 0 Å². The molecule has 2 aromatic carbocycles. The van der Waals surface area contributed by atoms with Gasteiger partial charge in [0.1, 0.15) is 23.0 Å². The number of para-hydroxylation sites is 2. The predicted molar refractivity (Wildman–Crippen MR) is 78.2 cm³/mol. The number of benzene rings is 2. The van der Waals surface area contributed by atoms with Gasteiger partial charge >= 0.3 is 0 Å². The quantitative estimate of drug-likeness (QED) is 0.808. The minimum Gasteiger partial charge on any atom is -0.345 e. The van der Waals surface area contributed by atoms with Crippen molar-refractivity contribution in [1.29, 1.82) is 0 Å². The first-order valence-electron chi connectivity index (χ1n) is 6.70. The van der Waals surface area contributed by atoms with Crippen LogP contribution in [0.25, 0.3) is 11.0 Å². The number of hydrogen-bond acceptors (Lipinski definition) is 2. The SMILES string of the molecule is Cn1c(CNC(=O)c2c(F)cccc2F)nc2ccccc21. The number of nitrogens with zero attached hydrogens (tertiary/aromatic N) is 2. The number of hydrogen-bond donors (Lipinski definition) is 1. The van der Waals surface area contributed by atoms with Crippen LogP contribution < -0.4 is 5.32 Å². The Hall–Kier alpha value is -2.76. The highest BCUT2D eigenvalue weighted by Gasteiger charge is 2.17. The van der Waals surface area contributed by atoms with Crippen molar-refractivity contribution < 1.29 is 13.6 Å². The van der Waals surface area contributed by atoms with Crippen molar-refractivity contribution in [2.24, 2.45) is 7.05 Å². The van der Waals surface area contributed by atoms with Crippen molar-refractivity contribution in [2.45, 2.75) is 6.54 Å². The molecule has 3 aromatic rings. The molecule has 1 amide bonds. The van der Waals surface area contributed by atoms with Crippen LogP contribution >= 0.6 is 0 Å². The molecule has 0 fully saturated rings. The molecule has 0 unspecified atom stereocenters. The van der Waals surface area contributed by atoms with Crippen LogP contribution in [-0.2, 0) is 13.6 Å². The van der Waals surface area contributed by atoms with E-state index in [1.165, 1.54) is 6.07 Å². The number of fused-ring (bicyclic) bond motifs is 1. The molecule has 0 atom stereocenters. The van der Waals surface area contributed by atoms with E-state index in [0.717, 1.165) is 23.2 Å². The fraction of sp³-hybridized carbons (Fsp3) is 0.125. The molecule has 0 aliphatic rings. The van der Waals surface area contributed by atoms with Crippen LogP contribution in [0.3, 0.4) is 0 Å². The zero-order valence-electron chi connectivity index (χ0n) is 11.8. The first-order valence-corrected chi connectivity index (χ1v) is 6.70. The van der Waals surface area contributed by atoms with Crippen LogP contribution in [-0.4, -0.2) is 15.5 Å². The van der Waals surface area contributed by atoms with E-state index >= 15 is 0 Å². The standard InChI is InChI=1S/C16H13F2N3O/c1-21-13-8-3-2-7-12(13)20-14(21)9-19-16(22)15-10(17)5-4-6-11(15)18/h2-8H,9H2,1H3,(H,19,22). The molecule has 1 heterocycles. The maximum atomic E-state index is 13.6. The van der Waals surface area contributed by atoms with Crippen molar-refractivity contribution >= 4 is 16.9 Å². The van der Waals surface area contributed by atoms with Crippen LogP contribution in [0.2, 0.25) is 0 Å². The van der Waals surface area contributed by atoms with Gasteiger partial charge in [-0.15, -0.1) is 0 Å². The van der Waals surface area contributed by atoms with E-state index in [4.69, 9.17) is 0 Å². The Morgan fingerprint density at radius 3 is 2.50 bits per heavy atom. The van der Waals surface area contributed by atoms with Crippen molar-refractivity contribution in [3.8, 4) is 0 Å². The highest BCUT2D eigenvalue weighted by Crippen LogP contribution is 2.15. The summed E-state index contributed by atoms with van der Waals surface area (Å²) in [6.07, 6.45) is 0. The number of imidazole rings is 1. The minimum absolute atomic E-state index is 0.0811. The zero-order chi connectivity index (χ0) is 15.7. The van der Waals surface area contributed by atoms with Crippen LogP contribution in [0.5, 0.6) is 0 Å². The number of amides is 1. The number of aromatic nitrogens is 2. The largest absolute Gasteiger partial charge is 0.345 e. The van der Waals surface area contributed by atoms with E-state index in [2.05, 4.69) is 10.3 Å². The molecule has 0 aliphatic heterocycles. The van der Waals surface area contributed by atoms with E-state index in [9.17, 15) is 13.6 Å². The van der Waals surface area contributed by atoms with Gasteiger partial charge in [0.05, 0.1) is 17.6 Å². The topological polar surface area (TPSA) is 46.9 Å². The van der Waals surface area contributed by atoms with Crippen molar-refractivity contribution in [3.63, 3.8) is 0 Å². The molecule has 0 aliphatic carbocycles. The molecule has 0 radical (unpaired) electrons. The average molecular weight is 301 g/mol. The minimum atomic E-state index is -0.887. The Balaban J connectivity index is 1.82. The number of aryl methyl sites for hydroxylation is 1. The monoisotopic (exact) mass is 301 g/mol. The van der Waals surface area contributed by atoms with Crippen LogP contribution in [0, 0.1) is 11.6 Å². The summed E-state index contributed by atoms with van der Waals surface area (Å²) in [4.78, 5) is 16.3. The molecule has 3 rings (SSSR count). The number of nitrogens with one attached hydrogen (secondary N) is 1. The molecular formula is C16H13F2N3O. The summed E-state index contributed by atoms with van der Waals surface area (Å²) in [5, 5.41) is 2.50. The zero-order valence-corrected chi connectivity index (χ0v) is 11.8. The molecule has 0 spiro atoms. The van der Waals surface area contributed by atoms with Gasteiger partial charge in [-0.1, -0.05) is 18.2 Å². The number of carbonyl (C=O) groups is 1. The van der Waals surface area contributed by atoms with Gasteiger partial charge < -0.3 is 9.88 Å². The van der Waals surface area contributed by atoms with Gasteiger partial charge in [0.25, 0.3) is 5.91 Å². The third-order valence-electron chi connectivity index (χ3n) is 3.48.